The van der Waals surface area contributed by atoms with Crippen LogP contribution in [0.4, 0.5) is 4.39 Å². The zero-order chi connectivity index (χ0) is 19.2. The molecule has 2 aromatic rings. The molecule has 27 heavy (non-hydrogen) atoms. The number of nitrogens with two attached hydrogens (primary N) is 1. The number of hydrogen-bond acceptors (Lipinski definition) is 6. The van der Waals surface area contributed by atoms with Crippen molar-refractivity contribution in [2.24, 2.45) is 5.73 Å². The van der Waals surface area contributed by atoms with Gasteiger partial charge in [0.15, 0.2) is 0 Å². The normalized spacial score (nSPS) is 19.4. The molecule has 0 bridgehead atoms. The first-order chi connectivity index (χ1) is 13.1. The predicted molar refractivity (Wildman–Crippen MR) is 105 cm³/mol. The van der Waals surface area contributed by atoms with Crippen LogP contribution in [0.15, 0.2) is 29.6 Å². The number of amides is 1. The fourth-order valence-corrected chi connectivity index (χ4v) is 4.06. The Morgan fingerprint density at radius 1 is 1.44 bits per heavy atom. The predicted octanol–water partition coefficient (Wildman–Crippen LogP) is 2.24. The largest absolute Gasteiger partial charge is 0.340 e. The Morgan fingerprint density at radius 3 is 3.07 bits per heavy atom. The summed E-state index contributed by atoms with van der Waals surface area (Å²) >= 11 is 1.48. The minimum atomic E-state index is -0.213. The molecule has 0 radical (unpaired) electrons. The molecule has 1 fully saturated rings. The molecule has 146 valence electrons. The van der Waals surface area contributed by atoms with Crippen LogP contribution in [0.1, 0.15) is 46.4 Å². The Hall–Kier alpha value is -1.87. The molecule has 2 heterocycles. The molecule has 1 aliphatic rings. The van der Waals surface area contributed by atoms with E-state index >= 15 is 0 Å². The van der Waals surface area contributed by atoms with Gasteiger partial charge in [-0.15, -0.1) is 11.3 Å². The summed E-state index contributed by atoms with van der Waals surface area (Å²) in [7, 11) is 1.81. The van der Waals surface area contributed by atoms with E-state index in [2.05, 4.69) is 15.8 Å². The quantitative estimate of drug-likeness (QED) is 0.643. The zero-order valence-electron chi connectivity index (χ0n) is 15.5. The highest BCUT2D eigenvalue weighted by Crippen LogP contribution is 2.24. The summed E-state index contributed by atoms with van der Waals surface area (Å²) in [5, 5.41) is 2.70. The van der Waals surface area contributed by atoms with E-state index in [9.17, 15) is 9.18 Å². The highest BCUT2D eigenvalue weighted by Gasteiger charge is 2.25. The third-order valence-electron chi connectivity index (χ3n) is 4.75. The maximum atomic E-state index is 13.4. The number of nitrogens with zero attached hydrogens (tertiary/aromatic N) is 2. The standard InChI is InChI=1S/C19H26FN5OS/c1-25(19(26)17-12-27-18(22-17)7-8-21)9-3-6-15-11-16(24-23-15)13-4-2-5-14(20)10-13/h2,4-5,10,12,15-16,23-24H,3,6-9,11,21H2,1H3. The van der Waals surface area contributed by atoms with E-state index in [1.165, 1.54) is 17.4 Å². The minimum Gasteiger partial charge on any atom is -0.340 e. The first-order valence-corrected chi connectivity index (χ1v) is 10.1. The van der Waals surface area contributed by atoms with Gasteiger partial charge in [0, 0.05) is 37.5 Å². The van der Waals surface area contributed by atoms with E-state index < -0.39 is 0 Å². The summed E-state index contributed by atoms with van der Waals surface area (Å²) in [5.41, 5.74) is 13.5. The van der Waals surface area contributed by atoms with Gasteiger partial charge in [0.2, 0.25) is 0 Å². The lowest BCUT2D eigenvalue weighted by Gasteiger charge is -2.17. The molecule has 0 aliphatic carbocycles. The molecule has 1 aromatic carbocycles. The Labute approximate surface area is 162 Å². The summed E-state index contributed by atoms with van der Waals surface area (Å²) in [6, 6.07) is 7.11. The smallest absolute Gasteiger partial charge is 0.273 e. The van der Waals surface area contributed by atoms with Crippen LogP contribution in [-0.2, 0) is 6.42 Å². The zero-order valence-corrected chi connectivity index (χ0v) is 16.3. The number of thiazole rings is 1. The molecule has 0 spiro atoms. The van der Waals surface area contributed by atoms with Crippen LogP contribution >= 0.6 is 11.3 Å². The highest BCUT2D eigenvalue weighted by molar-refractivity contribution is 7.09. The van der Waals surface area contributed by atoms with Gasteiger partial charge in [0.05, 0.1) is 5.01 Å². The van der Waals surface area contributed by atoms with Crippen LogP contribution in [-0.4, -0.2) is 42.0 Å². The second-order valence-electron chi connectivity index (χ2n) is 6.86. The SMILES string of the molecule is CN(CCCC1CC(c2cccc(F)c2)NN1)C(=O)c1csc(CCN)n1. The minimum absolute atomic E-state index is 0.0512. The maximum Gasteiger partial charge on any atom is 0.273 e. The van der Waals surface area contributed by atoms with Gasteiger partial charge in [0.25, 0.3) is 5.91 Å². The van der Waals surface area contributed by atoms with Crippen molar-refractivity contribution in [3.8, 4) is 0 Å². The topological polar surface area (TPSA) is 83.3 Å². The van der Waals surface area contributed by atoms with Crippen molar-refractivity contribution in [1.82, 2.24) is 20.7 Å². The van der Waals surface area contributed by atoms with E-state index in [4.69, 9.17) is 5.73 Å². The van der Waals surface area contributed by atoms with Gasteiger partial charge < -0.3 is 10.6 Å². The number of aromatic nitrogens is 1. The van der Waals surface area contributed by atoms with Crippen molar-refractivity contribution in [2.75, 3.05) is 20.1 Å². The van der Waals surface area contributed by atoms with Gasteiger partial charge in [-0.2, -0.15) is 0 Å². The molecule has 1 aromatic heterocycles. The Morgan fingerprint density at radius 2 is 2.30 bits per heavy atom. The van der Waals surface area contributed by atoms with Gasteiger partial charge >= 0.3 is 0 Å². The molecule has 1 aliphatic heterocycles. The lowest BCUT2D eigenvalue weighted by Crippen LogP contribution is -2.32. The van der Waals surface area contributed by atoms with Crippen molar-refractivity contribution in [3.63, 3.8) is 0 Å². The highest BCUT2D eigenvalue weighted by atomic mass is 32.1. The molecule has 6 nitrogen and oxygen atoms in total. The van der Waals surface area contributed by atoms with E-state index in [1.807, 2.05) is 6.07 Å². The molecule has 0 saturated carbocycles. The average Bonchev–Trinajstić information content (AvgIpc) is 3.31. The second-order valence-corrected chi connectivity index (χ2v) is 7.81. The summed E-state index contributed by atoms with van der Waals surface area (Å²) in [6.45, 7) is 1.21. The van der Waals surface area contributed by atoms with Crippen molar-refractivity contribution < 1.29 is 9.18 Å². The van der Waals surface area contributed by atoms with Crippen LogP contribution in [0.5, 0.6) is 0 Å². The van der Waals surface area contributed by atoms with Gasteiger partial charge in [-0.25, -0.2) is 9.37 Å². The van der Waals surface area contributed by atoms with E-state index in [0.29, 0.717) is 31.2 Å². The molecule has 8 heteroatoms. The monoisotopic (exact) mass is 391 g/mol. The lowest BCUT2D eigenvalue weighted by molar-refractivity contribution is 0.0786. The lowest BCUT2D eigenvalue weighted by atomic mass is 9.99. The summed E-state index contributed by atoms with van der Waals surface area (Å²) < 4.78 is 13.4. The van der Waals surface area contributed by atoms with Gasteiger partial charge in [-0.1, -0.05) is 12.1 Å². The third kappa shape index (κ3) is 5.32. The average molecular weight is 392 g/mol. The number of carbonyl (C=O) groups excluding carboxylic acids is 1. The number of carbonyl (C=O) groups is 1. The molecular formula is C19H26FN5OS. The first-order valence-electron chi connectivity index (χ1n) is 9.23. The van der Waals surface area contributed by atoms with Crippen LogP contribution in [0.2, 0.25) is 0 Å². The van der Waals surface area contributed by atoms with Gasteiger partial charge in [-0.3, -0.25) is 15.6 Å². The molecule has 1 amide bonds. The number of benzene rings is 1. The Balaban J connectivity index is 1.42. The molecule has 1 saturated heterocycles. The number of hydrogen-bond donors (Lipinski definition) is 3. The van der Waals surface area contributed by atoms with Gasteiger partial charge in [0.1, 0.15) is 11.5 Å². The van der Waals surface area contributed by atoms with Crippen molar-refractivity contribution in [3.05, 3.63) is 51.7 Å². The van der Waals surface area contributed by atoms with Crippen molar-refractivity contribution in [1.29, 1.82) is 0 Å². The number of halogens is 1. The fraction of sp³-hybridized carbons (Fsp3) is 0.474. The van der Waals surface area contributed by atoms with Crippen LogP contribution in [0, 0.1) is 5.82 Å². The van der Waals surface area contributed by atoms with Crippen LogP contribution in [0.25, 0.3) is 0 Å². The molecule has 3 rings (SSSR count). The molecule has 2 unspecified atom stereocenters. The molecule has 4 N–H and O–H groups in total. The van der Waals surface area contributed by atoms with E-state index in [0.717, 1.165) is 29.8 Å². The summed E-state index contributed by atoms with van der Waals surface area (Å²) in [5.74, 6) is -0.265. The number of hydrazine groups is 1. The Kier molecular flexibility index (Phi) is 6.89. The molecular weight excluding hydrogens is 365 g/mol. The van der Waals surface area contributed by atoms with Gasteiger partial charge in [-0.05, 0) is 43.5 Å². The number of rotatable bonds is 8. The number of nitrogens with one attached hydrogen (secondary N) is 2. The van der Waals surface area contributed by atoms with Crippen molar-refractivity contribution in [2.45, 2.75) is 37.8 Å². The van der Waals surface area contributed by atoms with Crippen LogP contribution < -0.4 is 16.6 Å². The third-order valence-corrected chi connectivity index (χ3v) is 5.66. The summed E-state index contributed by atoms with van der Waals surface area (Å²) in [4.78, 5) is 18.5. The summed E-state index contributed by atoms with van der Waals surface area (Å²) in [6.07, 6.45) is 3.42. The molecule has 2 atom stereocenters. The second kappa shape index (κ2) is 9.36. The first kappa shape index (κ1) is 19.9. The van der Waals surface area contributed by atoms with E-state index in [1.54, 1.807) is 29.5 Å². The maximum absolute atomic E-state index is 13.4. The van der Waals surface area contributed by atoms with Crippen LogP contribution in [0.3, 0.4) is 0 Å². The van der Waals surface area contributed by atoms with Crippen molar-refractivity contribution >= 4 is 17.2 Å². The Bertz CT molecular complexity index is 768. The van der Waals surface area contributed by atoms with E-state index in [-0.39, 0.29) is 17.8 Å². The fourth-order valence-electron chi connectivity index (χ4n) is 3.27.